The van der Waals surface area contributed by atoms with Crippen molar-refractivity contribution in [1.82, 2.24) is 4.90 Å². The van der Waals surface area contributed by atoms with Crippen molar-refractivity contribution in [3.05, 3.63) is 48.5 Å². The molecule has 2 amide bonds. The zero-order valence-corrected chi connectivity index (χ0v) is 15.4. The number of urea groups is 1. The Kier molecular flexibility index (Phi) is 6.16. The van der Waals surface area contributed by atoms with E-state index in [9.17, 15) is 9.90 Å². The molecule has 144 valence electrons. The van der Waals surface area contributed by atoms with E-state index in [1.54, 1.807) is 42.3 Å². The number of ether oxygens (including phenoxy) is 3. The Morgan fingerprint density at radius 1 is 1.19 bits per heavy atom. The Balaban J connectivity index is 1.62. The Morgan fingerprint density at radius 3 is 2.56 bits per heavy atom. The largest absolute Gasteiger partial charge is 0.497 e. The van der Waals surface area contributed by atoms with Crippen molar-refractivity contribution in [3.63, 3.8) is 0 Å². The van der Waals surface area contributed by atoms with E-state index < -0.39 is 6.10 Å². The van der Waals surface area contributed by atoms with Crippen LogP contribution in [0.4, 0.5) is 10.5 Å². The molecule has 2 aromatic rings. The van der Waals surface area contributed by atoms with Crippen LogP contribution in [-0.4, -0.2) is 55.1 Å². The van der Waals surface area contributed by atoms with Gasteiger partial charge in [0, 0.05) is 18.3 Å². The molecule has 0 spiro atoms. The number of anilines is 1. The molecule has 7 nitrogen and oxygen atoms in total. The lowest BCUT2D eigenvalue weighted by Crippen LogP contribution is -2.48. The number of nitrogens with one attached hydrogen (secondary N) is 1. The van der Waals surface area contributed by atoms with Gasteiger partial charge in [0.25, 0.3) is 0 Å². The third-order valence-corrected chi connectivity index (χ3v) is 4.41. The van der Waals surface area contributed by atoms with Crippen LogP contribution in [0.5, 0.6) is 17.2 Å². The number of carbonyl (C=O) groups is 1. The van der Waals surface area contributed by atoms with E-state index in [4.69, 9.17) is 14.2 Å². The van der Waals surface area contributed by atoms with Crippen LogP contribution < -0.4 is 14.8 Å². The first-order chi connectivity index (χ1) is 13.1. The van der Waals surface area contributed by atoms with E-state index in [0.717, 1.165) is 0 Å². The molecule has 0 radical (unpaired) electrons. The Morgan fingerprint density at radius 2 is 1.93 bits per heavy atom. The molecular weight excluding hydrogens is 348 g/mol. The van der Waals surface area contributed by atoms with Crippen LogP contribution in [0.3, 0.4) is 0 Å². The van der Waals surface area contributed by atoms with Crippen molar-refractivity contribution >= 4 is 11.7 Å². The van der Waals surface area contributed by atoms with Crippen molar-refractivity contribution < 1.29 is 24.1 Å². The average Bonchev–Trinajstić information content (AvgIpc) is 3.10. The van der Waals surface area contributed by atoms with Crippen molar-refractivity contribution in [2.45, 2.75) is 19.1 Å². The summed E-state index contributed by atoms with van der Waals surface area (Å²) in [5, 5.41) is 12.8. The molecular formula is C20H24N2O5. The molecule has 0 aromatic heterocycles. The van der Waals surface area contributed by atoms with Crippen LogP contribution in [0.25, 0.3) is 0 Å². The summed E-state index contributed by atoms with van der Waals surface area (Å²) in [6.07, 6.45) is -0.658. The van der Waals surface area contributed by atoms with Gasteiger partial charge in [-0.1, -0.05) is 6.07 Å². The number of nitrogens with zero attached hydrogens (tertiary/aromatic N) is 1. The van der Waals surface area contributed by atoms with Gasteiger partial charge in [-0.15, -0.1) is 0 Å². The SMILES string of the molecule is CCN(C(=O)Nc1ccc(Oc2cccc(OC)c2)cc1)[C@@H]1COC[C@H]1O. The van der Waals surface area contributed by atoms with Crippen molar-refractivity contribution in [3.8, 4) is 17.2 Å². The molecule has 0 saturated carbocycles. The predicted octanol–water partition coefficient (Wildman–Crippen LogP) is 3.10. The van der Waals surface area contributed by atoms with Gasteiger partial charge in [0.15, 0.2) is 0 Å². The van der Waals surface area contributed by atoms with Crippen LogP contribution >= 0.6 is 0 Å². The molecule has 7 heteroatoms. The number of benzene rings is 2. The lowest BCUT2D eigenvalue weighted by atomic mass is 10.2. The summed E-state index contributed by atoms with van der Waals surface area (Å²) in [6, 6.07) is 13.8. The van der Waals surface area contributed by atoms with Gasteiger partial charge < -0.3 is 29.5 Å². The standard InChI is InChI=1S/C20H24N2O5/c1-3-22(18-12-26-13-19(18)23)20(24)21-14-7-9-15(10-8-14)27-17-6-4-5-16(11-17)25-2/h4-11,18-19,23H,3,12-13H2,1-2H3,(H,21,24)/t18-,19-/m1/s1. The molecule has 0 bridgehead atoms. The number of likely N-dealkylation sites (N-methyl/N-ethyl adjacent to an activating group) is 1. The average molecular weight is 372 g/mol. The first kappa shape index (κ1) is 19.0. The zero-order chi connectivity index (χ0) is 19.2. The fourth-order valence-corrected chi connectivity index (χ4v) is 2.96. The molecule has 3 rings (SSSR count). The van der Waals surface area contributed by atoms with E-state index in [2.05, 4.69) is 5.32 Å². The van der Waals surface area contributed by atoms with Crippen molar-refractivity contribution in [2.75, 3.05) is 32.2 Å². The van der Waals surface area contributed by atoms with Crippen LogP contribution in [0, 0.1) is 0 Å². The summed E-state index contributed by atoms with van der Waals surface area (Å²) in [5.41, 5.74) is 0.643. The number of amides is 2. The van der Waals surface area contributed by atoms with Gasteiger partial charge in [0.05, 0.1) is 32.5 Å². The molecule has 2 N–H and O–H groups in total. The van der Waals surface area contributed by atoms with E-state index in [-0.39, 0.29) is 18.7 Å². The van der Waals surface area contributed by atoms with E-state index >= 15 is 0 Å². The van der Waals surface area contributed by atoms with Crippen LogP contribution in [0.15, 0.2) is 48.5 Å². The maximum Gasteiger partial charge on any atom is 0.322 e. The summed E-state index contributed by atoms with van der Waals surface area (Å²) < 4.78 is 16.2. The summed E-state index contributed by atoms with van der Waals surface area (Å²) in [5.74, 6) is 2.03. The topological polar surface area (TPSA) is 80.3 Å². The second-order valence-electron chi connectivity index (χ2n) is 6.19. The zero-order valence-electron chi connectivity index (χ0n) is 15.4. The van der Waals surface area contributed by atoms with Gasteiger partial charge in [-0.05, 0) is 43.3 Å². The molecule has 0 aliphatic carbocycles. The predicted molar refractivity (Wildman–Crippen MR) is 102 cm³/mol. The molecule has 2 atom stereocenters. The van der Waals surface area contributed by atoms with Crippen molar-refractivity contribution in [2.24, 2.45) is 0 Å². The van der Waals surface area contributed by atoms with E-state index in [1.165, 1.54) is 0 Å². The number of hydrogen-bond acceptors (Lipinski definition) is 5. The Labute approximate surface area is 158 Å². The highest BCUT2D eigenvalue weighted by Crippen LogP contribution is 2.26. The molecule has 2 aromatic carbocycles. The monoisotopic (exact) mass is 372 g/mol. The molecule has 1 heterocycles. The molecule has 1 aliphatic heterocycles. The van der Waals surface area contributed by atoms with Crippen LogP contribution in [-0.2, 0) is 4.74 Å². The third-order valence-electron chi connectivity index (χ3n) is 4.41. The summed E-state index contributed by atoms with van der Waals surface area (Å²) >= 11 is 0. The van der Waals surface area contributed by atoms with Crippen LogP contribution in [0.2, 0.25) is 0 Å². The molecule has 1 aliphatic rings. The molecule has 0 unspecified atom stereocenters. The minimum atomic E-state index is -0.658. The first-order valence-electron chi connectivity index (χ1n) is 8.86. The number of carbonyl (C=O) groups excluding carboxylic acids is 1. The van der Waals surface area contributed by atoms with Gasteiger partial charge >= 0.3 is 6.03 Å². The number of methoxy groups -OCH3 is 1. The van der Waals surface area contributed by atoms with Gasteiger partial charge in [-0.25, -0.2) is 4.79 Å². The fourth-order valence-electron chi connectivity index (χ4n) is 2.96. The minimum Gasteiger partial charge on any atom is -0.497 e. The van der Waals surface area contributed by atoms with E-state index in [0.29, 0.717) is 36.1 Å². The number of rotatable bonds is 6. The number of hydrogen-bond donors (Lipinski definition) is 2. The van der Waals surface area contributed by atoms with E-state index in [1.807, 2.05) is 25.1 Å². The van der Waals surface area contributed by atoms with Crippen LogP contribution in [0.1, 0.15) is 6.92 Å². The highest BCUT2D eigenvalue weighted by molar-refractivity contribution is 5.89. The quantitative estimate of drug-likeness (QED) is 0.814. The highest BCUT2D eigenvalue weighted by Gasteiger charge is 2.33. The smallest absolute Gasteiger partial charge is 0.322 e. The summed E-state index contributed by atoms with van der Waals surface area (Å²) in [7, 11) is 1.60. The Hall–Kier alpha value is -2.77. The maximum atomic E-state index is 12.5. The number of aliphatic hydroxyl groups is 1. The van der Waals surface area contributed by atoms with Crippen molar-refractivity contribution in [1.29, 1.82) is 0 Å². The first-order valence-corrected chi connectivity index (χ1v) is 8.86. The highest BCUT2D eigenvalue weighted by atomic mass is 16.5. The van der Waals surface area contributed by atoms with Gasteiger partial charge in [-0.2, -0.15) is 0 Å². The molecule has 1 saturated heterocycles. The Bertz CT molecular complexity index is 765. The fraction of sp³-hybridized carbons (Fsp3) is 0.350. The minimum absolute atomic E-state index is 0.255. The third kappa shape index (κ3) is 4.69. The lowest BCUT2D eigenvalue weighted by molar-refractivity contribution is 0.1000. The molecule has 1 fully saturated rings. The molecule has 27 heavy (non-hydrogen) atoms. The summed E-state index contributed by atoms with van der Waals surface area (Å²) in [6.45, 7) is 2.95. The number of aliphatic hydroxyl groups excluding tert-OH is 1. The maximum absolute atomic E-state index is 12.5. The lowest BCUT2D eigenvalue weighted by Gasteiger charge is -2.28. The normalized spacial score (nSPS) is 18.8. The van der Waals surface area contributed by atoms with Gasteiger partial charge in [0.1, 0.15) is 17.2 Å². The van der Waals surface area contributed by atoms with Gasteiger partial charge in [-0.3, -0.25) is 0 Å². The second kappa shape index (κ2) is 8.75. The second-order valence-corrected chi connectivity index (χ2v) is 6.19. The van der Waals surface area contributed by atoms with Gasteiger partial charge in [0.2, 0.25) is 0 Å². The summed E-state index contributed by atoms with van der Waals surface area (Å²) in [4.78, 5) is 14.1.